The number of nitrogens with one attached hydrogen (secondary N) is 2. The minimum absolute atomic E-state index is 0.189. The van der Waals surface area contributed by atoms with Gasteiger partial charge in [-0.25, -0.2) is 4.79 Å². The number of thioether (sulfide) groups is 1. The summed E-state index contributed by atoms with van der Waals surface area (Å²) in [7, 11) is 1.93. The highest BCUT2D eigenvalue weighted by molar-refractivity contribution is 8.00. The monoisotopic (exact) mass is 351 g/mol. The fourth-order valence-electron chi connectivity index (χ4n) is 3.02. The van der Waals surface area contributed by atoms with Crippen molar-refractivity contribution >= 4 is 23.7 Å². The van der Waals surface area contributed by atoms with E-state index in [1.54, 1.807) is 6.92 Å². The van der Waals surface area contributed by atoms with Gasteiger partial charge in [0, 0.05) is 19.0 Å². The van der Waals surface area contributed by atoms with E-state index in [2.05, 4.69) is 20.8 Å². The number of carbonyl (C=O) groups excluding carboxylic acids is 2. The predicted molar refractivity (Wildman–Crippen MR) is 91.8 cm³/mol. The average molecular weight is 351 g/mol. The maximum absolute atomic E-state index is 12.2. The van der Waals surface area contributed by atoms with Gasteiger partial charge < -0.3 is 9.88 Å². The molecule has 24 heavy (non-hydrogen) atoms. The molecular formula is C16H25N5O2S. The van der Waals surface area contributed by atoms with E-state index >= 15 is 0 Å². The van der Waals surface area contributed by atoms with Gasteiger partial charge in [-0.3, -0.25) is 10.1 Å². The molecule has 1 aromatic heterocycles. The molecule has 1 heterocycles. The third-order valence-corrected chi connectivity index (χ3v) is 5.77. The third kappa shape index (κ3) is 4.28. The Bertz CT molecular complexity index is 608. The highest BCUT2D eigenvalue weighted by Gasteiger charge is 2.30. The second-order valence-corrected chi connectivity index (χ2v) is 8.04. The van der Waals surface area contributed by atoms with Gasteiger partial charge in [0.25, 0.3) is 0 Å². The van der Waals surface area contributed by atoms with Crippen LogP contribution in [0.25, 0.3) is 0 Å². The second-order valence-electron chi connectivity index (χ2n) is 6.73. The molecule has 132 valence electrons. The number of rotatable bonds is 5. The predicted octanol–water partition coefficient (Wildman–Crippen LogP) is 2.33. The smallest absolute Gasteiger partial charge is 0.321 e. The molecule has 1 atom stereocenters. The Hall–Kier alpha value is -1.57. The Morgan fingerprint density at radius 3 is 2.54 bits per heavy atom. The lowest BCUT2D eigenvalue weighted by atomic mass is 9.96. The van der Waals surface area contributed by atoms with Crippen LogP contribution < -0.4 is 10.6 Å². The first-order valence-corrected chi connectivity index (χ1v) is 9.60. The lowest BCUT2D eigenvalue weighted by Gasteiger charge is -2.23. The van der Waals surface area contributed by atoms with E-state index in [1.165, 1.54) is 18.2 Å². The summed E-state index contributed by atoms with van der Waals surface area (Å²) in [5, 5.41) is 14.0. The summed E-state index contributed by atoms with van der Waals surface area (Å²) in [6.07, 6.45) is 7.82. The SMILES string of the molecule is C[C@@H](Sc1nnc(C2CC2)n1C)C(=O)NC(=O)NC1CCCCC1. The van der Waals surface area contributed by atoms with E-state index in [1.807, 2.05) is 11.6 Å². The van der Waals surface area contributed by atoms with Crippen molar-refractivity contribution in [1.82, 2.24) is 25.4 Å². The molecule has 2 aliphatic rings. The zero-order valence-electron chi connectivity index (χ0n) is 14.2. The summed E-state index contributed by atoms with van der Waals surface area (Å²) < 4.78 is 1.95. The number of nitrogens with zero attached hydrogens (tertiary/aromatic N) is 3. The molecule has 0 radical (unpaired) electrons. The van der Waals surface area contributed by atoms with Crippen LogP contribution in [0.5, 0.6) is 0 Å². The summed E-state index contributed by atoms with van der Waals surface area (Å²) in [6.45, 7) is 1.78. The number of aromatic nitrogens is 3. The van der Waals surface area contributed by atoms with Crippen molar-refractivity contribution in [2.75, 3.05) is 0 Å². The van der Waals surface area contributed by atoms with Gasteiger partial charge in [-0.05, 0) is 32.6 Å². The first-order valence-electron chi connectivity index (χ1n) is 8.72. The van der Waals surface area contributed by atoms with Crippen molar-refractivity contribution in [3.05, 3.63) is 5.82 Å². The van der Waals surface area contributed by atoms with Crippen molar-refractivity contribution in [3.63, 3.8) is 0 Å². The molecule has 0 aromatic carbocycles. The van der Waals surface area contributed by atoms with Gasteiger partial charge in [-0.15, -0.1) is 10.2 Å². The Labute approximate surface area is 146 Å². The maximum Gasteiger partial charge on any atom is 0.321 e. The topological polar surface area (TPSA) is 88.9 Å². The highest BCUT2D eigenvalue weighted by Crippen LogP contribution is 2.39. The van der Waals surface area contributed by atoms with Crippen LogP contribution in [0.4, 0.5) is 4.79 Å². The molecular weight excluding hydrogens is 326 g/mol. The van der Waals surface area contributed by atoms with E-state index in [4.69, 9.17) is 0 Å². The summed E-state index contributed by atoms with van der Waals surface area (Å²) >= 11 is 1.33. The van der Waals surface area contributed by atoms with E-state index in [-0.39, 0.29) is 11.9 Å². The Kier molecular flexibility index (Phi) is 5.43. The summed E-state index contributed by atoms with van der Waals surface area (Å²) in [6, 6.07) is -0.203. The van der Waals surface area contributed by atoms with Gasteiger partial charge in [0.05, 0.1) is 5.25 Å². The molecule has 0 aliphatic heterocycles. The number of hydrogen-bond acceptors (Lipinski definition) is 5. The summed E-state index contributed by atoms with van der Waals surface area (Å²) in [5.74, 6) is 1.20. The molecule has 2 aliphatic carbocycles. The van der Waals surface area contributed by atoms with Crippen LogP contribution >= 0.6 is 11.8 Å². The van der Waals surface area contributed by atoms with Crippen LogP contribution in [0.2, 0.25) is 0 Å². The maximum atomic E-state index is 12.2. The standard InChI is InChI=1S/C16H25N5O2S/c1-10(24-16-20-19-13(21(16)2)11-8-9-11)14(22)18-15(23)17-12-6-4-3-5-7-12/h10-12H,3-9H2,1-2H3,(H2,17,18,22,23)/t10-/m1/s1. The van der Waals surface area contributed by atoms with Crippen LogP contribution in [0.1, 0.15) is 63.6 Å². The van der Waals surface area contributed by atoms with Gasteiger partial charge in [0.15, 0.2) is 5.16 Å². The van der Waals surface area contributed by atoms with Gasteiger partial charge >= 0.3 is 6.03 Å². The van der Waals surface area contributed by atoms with Crippen LogP contribution in [-0.2, 0) is 11.8 Å². The van der Waals surface area contributed by atoms with Crippen LogP contribution in [0.15, 0.2) is 5.16 Å². The number of amides is 3. The van der Waals surface area contributed by atoms with Crippen LogP contribution in [-0.4, -0.2) is 38.0 Å². The van der Waals surface area contributed by atoms with E-state index in [0.717, 1.165) is 44.3 Å². The molecule has 7 nitrogen and oxygen atoms in total. The Balaban J connectivity index is 1.48. The number of carbonyl (C=O) groups is 2. The molecule has 0 unspecified atom stereocenters. The van der Waals surface area contributed by atoms with Crippen molar-refractivity contribution in [1.29, 1.82) is 0 Å². The molecule has 0 spiro atoms. The number of hydrogen-bond donors (Lipinski definition) is 2. The van der Waals surface area contributed by atoms with Gasteiger partial charge in [-0.2, -0.15) is 0 Å². The lowest BCUT2D eigenvalue weighted by molar-refractivity contribution is -0.119. The van der Waals surface area contributed by atoms with Gasteiger partial charge in [0.1, 0.15) is 5.82 Å². The third-order valence-electron chi connectivity index (χ3n) is 4.64. The molecule has 2 N–H and O–H groups in total. The zero-order valence-corrected chi connectivity index (χ0v) is 15.1. The molecule has 1 aromatic rings. The van der Waals surface area contributed by atoms with Crippen molar-refractivity contribution in [2.24, 2.45) is 7.05 Å². The van der Waals surface area contributed by atoms with E-state index in [0.29, 0.717) is 11.1 Å². The Morgan fingerprint density at radius 2 is 1.88 bits per heavy atom. The zero-order chi connectivity index (χ0) is 17.1. The molecule has 0 bridgehead atoms. The summed E-state index contributed by atoms with van der Waals surface area (Å²) in [4.78, 5) is 24.2. The van der Waals surface area contributed by atoms with E-state index < -0.39 is 11.3 Å². The number of urea groups is 1. The largest absolute Gasteiger partial charge is 0.335 e. The minimum Gasteiger partial charge on any atom is -0.335 e. The van der Waals surface area contributed by atoms with Gasteiger partial charge in [-0.1, -0.05) is 31.0 Å². The molecule has 2 saturated carbocycles. The first kappa shape index (κ1) is 17.3. The lowest BCUT2D eigenvalue weighted by Crippen LogP contribution is -2.47. The second kappa shape index (κ2) is 7.55. The minimum atomic E-state index is -0.406. The van der Waals surface area contributed by atoms with Crippen LogP contribution in [0.3, 0.4) is 0 Å². The summed E-state index contributed by atoms with van der Waals surface area (Å²) in [5.41, 5.74) is 0. The first-order chi connectivity index (χ1) is 11.5. The molecule has 3 rings (SSSR count). The van der Waals surface area contributed by atoms with Crippen molar-refractivity contribution in [3.8, 4) is 0 Å². The Morgan fingerprint density at radius 1 is 1.17 bits per heavy atom. The highest BCUT2D eigenvalue weighted by atomic mass is 32.2. The molecule has 0 saturated heterocycles. The molecule has 8 heteroatoms. The fraction of sp³-hybridized carbons (Fsp3) is 0.750. The van der Waals surface area contributed by atoms with Crippen molar-refractivity contribution < 1.29 is 9.59 Å². The quantitative estimate of drug-likeness (QED) is 0.795. The fourth-order valence-corrected chi connectivity index (χ4v) is 3.84. The number of imide groups is 1. The van der Waals surface area contributed by atoms with E-state index in [9.17, 15) is 9.59 Å². The average Bonchev–Trinajstić information content (AvgIpc) is 3.33. The van der Waals surface area contributed by atoms with Crippen LogP contribution in [0, 0.1) is 0 Å². The van der Waals surface area contributed by atoms with Gasteiger partial charge in [0.2, 0.25) is 5.91 Å². The van der Waals surface area contributed by atoms with Crippen molar-refractivity contribution in [2.45, 2.75) is 74.2 Å². The molecule has 3 amide bonds. The molecule has 2 fully saturated rings. The normalized spacial score (nSPS) is 19.8.